The molecule has 0 bridgehead atoms. The Bertz CT molecular complexity index is 627. The first-order valence-electron chi connectivity index (χ1n) is 5.73. The van der Waals surface area contributed by atoms with Crippen molar-refractivity contribution >= 4 is 44.4 Å². The number of fused-ring (bicyclic) bond motifs is 1. The molecular weight excluding hydrogens is 330 g/mol. The van der Waals surface area contributed by atoms with Gasteiger partial charge in [-0.25, -0.2) is 4.98 Å². The van der Waals surface area contributed by atoms with Crippen LogP contribution < -0.4 is 0 Å². The first-order valence-corrected chi connectivity index (χ1v) is 8.16. The number of rotatable bonds is 1. The van der Waals surface area contributed by atoms with Crippen LogP contribution in [0.5, 0.6) is 0 Å². The van der Waals surface area contributed by atoms with Crippen molar-refractivity contribution in [1.29, 1.82) is 0 Å². The largest absolute Gasteiger partial charge is 0.293 e. The highest BCUT2D eigenvalue weighted by molar-refractivity contribution is 9.11. The Morgan fingerprint density at radius 2 is 2.06 bits per heavy atom. The van der Waals surface area contributed by atoms with Crippen molar-refractivity contribution in [3.8, 4) is 9.88 Å². The zero-order valence-corrected chi connectivity index (χ0v) is 13.3. The minimum atomic E-state index is 0.0471. The van der Waals surface area contributed by atoms with Gasteiger partial charge in [-0.15, -0.1) is 22.7 Å². The fraction of sp³-hybridized carbons (Fsp3) is 0.385. The van der Waals surface area contributed by atoms with E-state index in [4.69, 9.17) is 0 Å². The SMILES string of the molecule is CC1(C)CC(=O)c2sc(-c3ccc(Br)s3)nc2C1. The van der Waals surface area contributed by atoms with Crippen LogP contribution in [0.4, 0.5) is 0 Å². The van der Waals surface area contributed by atoms with Gasteiger partial charge in [0.1, 0.15) is 5.01 Å². The van der Waals surface area contributed by atoms with Crippen LogP contribution in [0, 0.1) is 5.41 Å². The minimum Gasteiger partial charge on any atom is -0.293 e. The molecule has 0 saturated heterocycles. The van der Waals surface area contributed by atoms with Crippen LogP contribution in [-0.2, 0) is 6.42 Å². The third kappa shape index (κ3) is 2.19. The van der Waals surface area contributed by atoms with Gasteiger partial charge in [0.25, 0.3) is 0 Å². The molecular formula is C13H12BrNOS2. The highest BCUT2D eigenvalue weighted by Gasteiger charge is 2.34. The summed E-state index contributed by atoms with van der Waals surface area (Å²) >= 11 is 6.66. The van der Waals surface area contributed by atoms with Crippen LogP contribution in [0.25, 0.3) is 9.88 Å². The van der Waals surface area contributed by atoms with Gasteiger partial charge >= 0.3 is 0 Å². The zero-order valence-electron chi connectivity index (χ0n) is 10.1. The van der Waals surface area contributed by atoms with E-state index in [0.29, 0.717) is 6.42 Å². The molecule has 0 spiro atoms. The predicted octanol–water partition coefficient (Wildman–Crippen LogP) is 4.79. The molecule has 18 heavy (non-hydrogen) atoms. The maximum atomic E-state index is 12.1. The first-order chi connectivity index (χ1) is 8.44. The fourth-order valence-electron chi connectivity index (χ4n) is 2.25. The van der Waals surface area contributed by atoms with E-state index in [1.165, 1.54) is 11.3 Å². The number of nitrogens with zero attached hydrogens (tertiary/aromatic N) is 1. The number of carbonyl (C=O) groups excluding carboxylic acids is 1. The monoisotopic (exact) mass is 341 g/mol. The van der Waals surface area contributed by atoms with E-state index in [-0.39, 0.29) is 11.2 Å². The number of thiazole rings is 1. The first kappa shape index (κ1) is 12.5. The van der Waals surface area contributed by atoms with E-state index in [1.54, 1.807) is 11.3 Å². The van der Waals surface area contributed by atoms with Crippen LogP contribution in [0.15, 0.2) is 15.9 Å². The van der Waals surface area contributed by atoms with Gasteiger partial charge in [0, 0.05) is 6.42 Å². The van der Waals surface area contributed by atoms with Gasteiger partial charge in [-0.05, 0) is 39.9 Å². The van der Waals surface area contributed by atoms with E-state index in [0.717, 1.165) is 30.7 Å². The zero-order chi connectivity index (χ0) is 12.9. The number of thiophene rings is 1. The van der Waals surface area contributed by atoms with Crippen molar-refractivity contribution in [3.63, 3.8) is 0 Å². The van der Waals surface area contributed by atoms with Crippen LogP contribution in [0.1, 0.15) is 35.6 Å². The van der Waals surface area contributed by atoms with Gasteiger partial charge in [-0.1, -0.05) is 13.8 Å². The van der Waals surface area contributed by atoms with Crippen LogP contribution in [0.3, 0.4) is 0 Å². The van der Waals surface area contributed by atoms with Gasteiger partial charge in [0.05, 0.1) is 19.2 Å². The molecule has 5 heteroatoms. The van der Waals surface area contributed by atoms with Gasteiger partial charge in [-0.3, -0.25) is 4.79 Å². The molecule has 0 fully saturated rings. The Labute approximate surface area is 122 Å². The molecule has 0 radical (unpaired) electrons. The fourth-order valence-corrected chi connectivity index (χ4v) is 4.71. The van der Waals surface area contributed by atoms with Gasteiger partial charge in [-0.2, -0.15) is 0 Å². The Kier molecular flexibility index (Phi) is 2.95. The van der Waals surface area contributed by atoms with Gasteiger partial charge in [0.15, 0.2) is 5.78 Å². The number of hydrogen-bond acceptors (Lipinski definition) is 4. The quantitative estimate of drug-likeness (QED) is 0.746. The Morgan fingerprint density at radius 1 is 1.28 bits per heavy atom. The molecule has 2 aromatic rings. The summed E-state index contributed by atoms with van der Waals surface area (Å²) < 4.78 is 1.09. The standard InChI is InChI=1S/C13H12BrNOS2/c1-13(2)5-7-11(8(16)6-13)18-12(15-7)9-3-4-10(14)17-9/h3-4H,5-6H2,1-2H3. The molecule has 0 amide bonds. The molecule has 0 unspecified atom stereocenters. The van der Waals surface area contributed by atoms with Crippen LogP contribution >= 0.6 is 38.6 Å². The number of halogens is 1. The average Bonchev–Trinajstić information content (AvgIpc) is 2.82. The molecule has 0 N–H and O–H groups in total. The van der Waals surface area contributed by atoms with Crippen molar-refractivity contribution in [1.82, 2.24) is 4.98 Å². The molecule has 2 nitrogen and oxygen atoms in total. The van der Waals surface area contributed by atoms with Crippen molar-refractivity contribution in [2.75, 3.05) is 0 Å². The maximum Gasteiger partial charge on any atom is 0.175 e. The summed E-state index contributed by atoms with van der Waals surface area (Å²) in [6.45, 7) is 4.27. The lowest BCUT2D eigenvalue weighted by molar-refractivity contribution is 0.0916. The minimum absolute atomic E-state index is 0.0471. The number of Topliss-reactive ketones (excluding diaryl/α,β-unsaturated/α-hetero) is 1. The highest BCUT2D eigenvalue weighted by Crippen LogP contribution is 2.41. The molecule has 0 aliphatic heterocycles. The number of aromatic nitrogens is 1. The van der Waals surface area contributed by atoms with Crippen molar-refractivity contribution in [2.45, 2.75) is 26.7 Å². The molecule has 2 aromatic heterocycles. The number of carbonyl (C=O) groups is 1. The van der Waals surface area contributed by atoms with Crippen LogP contribution in [-0.4, -0.2) is 10.8 Å². The summed E-state index contributed by atoms with van der Waals surface area (Å²) in [6.07, 6.45) is 1.53. The molecule has 3 rings (SSSR count). The second-order valence-electron chi connectivity index (χ2n) is 5.34. The lowest BCUT2D eigenvalue weighted by atomic mass is 9.78. The predicted molar refractivity (Wildman–Crippen MR) is 79.6 cm³/mol. The van der Waals surface area contributed by atoms with Crippen LogP contribution in [0.2, 0.25) is 0 Å². The average molecular weight is 342 g/mol. The second-order valence-corrected chi connectivity index (χ2v) is 8.80. The lowest BCUT2D eigenvalue weighted by Gasteiger charge is -2.26. The van der Waals surface area contributed by atoms with Gasteiger partial charge < -0.3 is 0 Å². The highest BCUT2D eigenvalue weighted by atomic mass is 79.9. The van der Waals surface area contributed by atoms with Crippen molar-refractivity contribution in [3.05, 3.63) is 26.5 Å². The molecule has 2 heterocycles. The summed E-state index contributed by atoms with van der Waals surface area (Å²) in [5, 5.41) is 0.974. The third-order valence-electron chi connectivity index (χ3n) is 3.02. The second kappa shape index (κ2) is 4.25. The summed E-state index contributed by atoms with van der Waals surface area (Å²) in [7, 11) is 0. The Morgan fingerprint density at radius 3 is 2.72 bits per heavy atom. The summed E-state index contributed by atoms with van der Waals surface area (Å²) in [4.78, 5) is 18.8. The van der Waals surface area contributed by atoms with E-state index in [2.05, 4.69) is 40.8 Å². The van der Waals surface area contributed by atoms with E-state index in [1.807, 2.05) is 6.07 Å². The molecule has 1 aliphatic rings. The molecule has 0 aromatic carbocycles. The van der Waals surface area contributed by atoms with E-state index in [9.17, 15) is 4.79 Å². The molecule has 0 saturated carbocycles. The number of hydrogen-bond donors (Lipinski definition) is 0. The lowest BCUT2D eigenvalue weighted by Crippen LogP contribution is -2.25. The summed E-state index contributed by atoms with van der Waals surface area (Å²) in [5.41, 5.74) is 1.03. The topological polar surface area (TPSA) is 30.0 Å². The number of ketones is 1. The summed E-state index contributed by atoms with van der Waals surface area (Å²) in [6, 6.07) is 4.07. The molecule has 1 aliphatic carbocycles. The Balaban J connectivity index is 2.05. The van der Waals surface area contributed by atoms with E-state index >= 15 is 0 Å². The molecule has 0 atom stereocenters. The molecule has 94 valence electrons. The van der Waals surface area contributed by atoms with E-state index < -0.39 is 0 Å². The maximum absolute atomic E-state index is 12.1. The van der Waals surface area contributed by atoms with Crippen molar-refractivity contribution < 1.29 is 4.79 Å². The van der Waals surface area contributed by atoms with Gasteiger partial charge in [0.2, 0.25) is 0 Å². The van der Waals surface area contributed by atoms with Crippen molar-refractivity contribution in [2.24, 2.45) is 5.41 Å². The third-order valence-corrected chi connectivity index (χ3v) is 5.95. The summed E-state index contributed by atoms with van der Waals surface area (Å²) in [5.74, 6) is 0.251. The Hall–Kier alpha value is -0.520. The smallest absolute Gasteiger partial charge is 0.175 e. The normalized spacial score (nSPS) is 17.8.